The molecule has 1 rings (SSSR count). The Morgan fingerprint density at radius 1 is 1.47 bits per heavy atom. The molecule has 0 fully saturated rings. The van der Waals surface area contributed by atoms with Gasteiger partial charge in [-0.05, 0) is 31.0 Å². The van der Waals surface area contributed by atoms with E-state index in [1.165, 1.54) is 6.92 Å². The summed E-state index contributed by atoms with van der Waals surface area (Å²) in [4.78, 5) is 21.8. The van der Waals surface area contributed by atoms with Crippen molar-refractivity contribution in [3.05, 3.63) is 29.8 Å². The average Bonchev–Trinajstić information content (AvgIpc) is 2.26. The molecule has 3 N–H and O–H groups in total. The minimum Gasteiger partial charge on any atom is -0.479 e. The van der Waals surface area contributed by atoms with Crippen LogP contribution in [0.4, 0.5) is 5.69 Å². The van der Waals surface area contributed by atoms with Gasteiger partial charge in [-0.3, -0.25) is 4.79 Å². The second-order valence-corrected chi connectivity index (χ2v) is 3.72. The monoisotopic (exact) mass is 237 g/mol. The van der Waals surface area contributed by atoms with Gasteiger partial charge in [-0.15, -0.1) is 0 Å². The number of anilines is 1. The van der Waals surface area contributed by atoms with E-state index < -0.39 is 18.0 Å². The van der Waals surface area contributed by atoms with Gasteiger partial charge in [0.05, 0.1) is 0 Å². The number of carboxylic acids is 1. The van der Waals surface area contributed by atoms with E-state index in [0.29, 0.717) is 12.1 Å². The molecule has 5 nitrogen and oxygen atoms in total. The van der Waals surface area contributed by atoms with Crippen molar-refractivity contribution < 1.29 is 19.4 Å². The van der Waals surface area contributed by atoms with Crippen molar-refractivity contribution in [2.24, 2.45) is 0 Å². The lowest BCUT2D eigenvalue weighted by Crippen LogP contribution is -2.23. The van der Waals surface area contributed by atoms with Crippen LogP contribution in [0, 0.1) is 0 Å². The quantitative estimate of drug-likeness (QED) is 0.593. The first-order valence-corrected chi connectivity index (χ1v) is 5.25. The molecule has 0 aliphatic rings. The summed E-state index contributed by atoms with van der Waals surface area (Å²) in [6.07, 6.45) is -0.486. The van der Waals surface area contributed by atoms with Crippen molar-refractivity contribution in [1.82, 2.24) is 0 Å². The number of aryl methyl sites for hydroxylation is 1. The predicted molar refractivity (Wildman–Crippen MR) is 62.4 cm³/mol. The number of benzene rings is 1. The van der Waals surface area contributed by atoms with E-state index in [2.05, 4.69) is 0 Å². The number of ether oxygens (including phenoxy) is 1. The number of esters is 1. The fourth-order valence-electron chi connectivity index (χ4n) is 1.30. The number of carbonyl (C=O) groups excluding carboxylic acids is 1. The summed E-state index contributed by atoms with van der Waals surface area (Å²) in [7, 11) is 0. The molecule has 0 saturated carbocycles. The van der Waals surface area contributed by atoms with Crippen molar-refractivity contribution in [3.8, 4) is 0 Å². The molecule has 1 aromatic carbocycles. The first-order chi connectivity index (χ1) is 7.99. The van der Waals surface area contributed by atoms with E-state index >= 15 is 0 Å². The summed E-state index contributed by atoms with van der Waals surface area (Å²) >= 11 is 0. The molecule has 0 amide bonds. The van der Waals surface area contributed by atoms with Gasteiger partial charge in [-0.2, -0.15) is 0 Å². The second-order valence-electron chi connectivity index (χ2n) is 3.72. The van der Waals surface area contributed by atoms with E-state index in [-0.39, 0.29) is 6.42 Å². The van der Waals surface area contributed by atoms with E-state index in [1.54, 1.807) is 18.2 Å². The van der Waals surface area contributed by atoms with Crippen molar-refractivity contribution in [1.29, 1.82) is 0 Å². The maximum atomic E-state index is 11.3. The van der Waals surface area contributed by atoms with Gasteiger partial charge in [0.1, 0.15) is 0 Å². The SMILES string of the molecule is CC(OC(=O)CCc1cccc(N)c1)C(=O)O. The summed E-state index contributed by atoms with van der Waals surface area (Å²) in [6, 6.07) is 7.18. The lowest BCUT2D eigenvalue weighted by Gasteiger charge is -2.08. The maximum Gasteiger partial charge on any atom is 0.344 e. The fraction of sp³-hybridized carbons (Fsp3) is 0.333. The van der Waals surface area contributed by atoms with Gasteiger partial charge in [0, 0.05) is 12.1 Å². The van der Waals surface area contributed by atoms with Crippen LogP contribution in [0.3, 0.4) is 0 Å². The van der Waals surface area contributed by atoms with Crippen LogP contribution < -0.4 is 5.73 Å². The number of carboxylic acid groups (broad SMARTS) is 1. The Labute approximate surface area is 99.2 Å². The first kappa shape index (κ1) is 13.0. The molecule has 17 heavy (non-hydrogen) atoms. The van der Waals surface area contributed by atoms with Crippen molar-refractivity contribution >= 4 is 17.6 Å². The summed E-state index contributed by atoms with van der Waals surface area (Å²) in [5, 5.41) is 8.56. The standard InChI is InChI=1S/C12H15NO4/c1-8(12(15)16)17-11(14)6-5-9-3-2-4-10(13)7-9/h2-4,7-8H,5-6,13H2,1H3,(H,15,16). The zero-order valence-corrected chi connectivity index (χ0v) is 9.55. The highest BCUT2D eigenvalue weighted by molar-refractivity contribution is 5.77. The van der Waals surface area contributed by atoms with Crippen molar-refractivity contribution in [3.63, 3.8) is 0 Å². The Kier molecular flexibility index (Phi) is 4.51. The summed E-state index contributed by atoms with van der Waals surface area (Å²) in [6.45, 7) is 1.32. The van der Waals surface area contributed by atoms with Crippen LogP contribution in [0.15, 0.2) is 24.3 Å². The molecular formula is C12H15NO4. The number of rotatable bonds is 5. The van der Waals surface area contributed by atoms with E-state index in [1.807, 2.05) is 6.07 Å². The third kappa shape index (κ3) is 4.55. The van der Waals surface area contributed by atoms with Crippen LogP contribution in [0.25, 0.3) is 0 Å². The van der Waals surface area contributed by atoms with Gasteiger partial charge in [-0.25, -0.2) is 4.79 Å². The van der Waals surface area contributed by atoms with Crippen LogP contribution in [-0.2, 0) is 20.7 Å². The van der Waals surface area contributed by atoms with Gasteiger partial charge in [0.15, 0.2) is 6.10 Å². The molecule has 1 aromatic rings. The number of hydrogen-bond donors (Lipinski definition) is 2. The molecule has 0 heterocycles. The maximum absolute atomic E-state index is 11.3. The lowest BCUT2D eigenvalue weighted by molar-refractivity contribution is -0.162. The smallest absolute Gasteiger partial charge is 0.344 e. The van der Waals surface area contributed by atoms with E-state index in [0.717, 1.165) is 5.56 Å². The van der Waals surface area contributed by atoms with Crippen LogP contribution in [0.1, 0.15) is 18.9 Å². The number of carbonyl (C=O) groups is 2. The summed E-state index contributed by atoms with van der Waals surface area (Å²) in [5.41, 5.74) is 7.15. The second kappa shape index (κ2) is 5.89. The molecule has 0 aliphatic carbocycles. The molecular weight excluding hydrogens is 222 g/mol. The van der Waals surface area contributed by atoms with Crippen LogP contribution in [0.5, 0.6) is 0 Å². The lowest BCUT2D eigenvalue weighted by atomic mass is 10.1. The van der Waals surface area contributed by atoms with E-state index in [9.17, 15) is 9.59 Å². The van der Waals surface area contributed by atoms with Crippen molar-refractivity contribution in [2.45, 2.75) is 25.9 Å². The van der Waals surface area contributed by atoms with Crippen LogP contribution in [0.2, 0.25) is 0 Å². The molecule has 0 aliphatic heterocycles. The highest BCUT2D eigenvalue weighted by Crippen LogP contribution is 2.09. The number of nitrogen functional groups attached to an aromatic ring is 1. The topological polar surface area (TPSA) is 89.6 Å². The normalized spacial score (nSPS) is 11.8. The number of aliphatic carboxylic acids is 1. The van der Waals surface area contributed by atoms with Crippen LogP contribution >= 0.6 is 0 Å². The molecule has 0 radical (unpaired) electrons. The predicted octanol–water partition coefficient (Wildman–Crippen LogP) is 1.22. The van der Waals surface area contributed by atoms with Gasteiger partial charge in [0.25, 0.3) is 0 Å². The van der Waals surface area contributed by atoms with Crippen molar-refractivity contribution in [2.75, 3.05) is 5.73 Å². The largest absolute Gasteiger partial charge is 0.479 e. The Bertz CT molecular complexity index is 417. The Morgan fingerprint density at radius 2 is 2.18 bits per heavy atom. The molecule has 1 atom stereocenters. The Balaban J connectivity index is 2.41. The minimum absolute atomic E-state index is 0.140. The molecule has 92 valence electrons. The van der Waals surface area contributed by atoms with Gasteiger partial charge < -0.3 is 15.6 Å². The molecule has 1 unspecified atom stereocenters. The van der Waals surface area contributed by atoms with Gasteiger partial charge in [-0.1, -0.05) is 12.1 Å². The fourth-order valence-corrected chi connectivity index (χ4v) is 1.30. The Hall–Kier alpha value is -2.04. The average molecular weight is 237 g/mol. The van der Waals surface area contributed by atoms with Crippen LogP contribution in [-0.4, -0.2) is 23.1 Å². The molecule has 5 heteroatoms. The number of hydrogen-bond acceptors (Lipinski definition) is 4. The minimum atomic E-state index is -1.15. The Morgan fingerprint density at radius 3 is 2.76 bits per heavy atom. The van der Waals surface area contributed by atoms with E-state index in [4.69, 9.17) is 15.6 Å². The highest BCUT2D eigenvalue weighted by atomic mass is 16.6. The number of nitrogens with two attached hydrogens (primary N) is 1. The van der Waals surface area contributed by atoms with Gasteiger partial charge in [0.2, 0.25) is 0 Å². The molecule has 0 saturated heterocycles. The first-order valence-electron chi connectivity index (χ1n) is 5.25. The van der Waals surface area contributed by atoms with Gasteiger partial charge >= 0.3 is 11.9 Å². The molecule has 0 spiro atoms. The highest BCUT2D eigenvalue weighted by Gasteiger charge is 2.15. The third-order valence-electron chi connectivity index (χ3n) is 2.22. The zero-order valence-electron chi connectivity index (χ0n) is 9.55. The molecule has 0 aromatic heterocycles. The molecule has 0 bridgehead atoms. The summed E-state index contributed by atoms with van der Waals surface area (Å²) in [5.74, 6) is -1.68. The third-order valence-corrected chi connectivity index (χ3v) is 2.22. The zero-order chi connectivity index (χ0) is 12.8. The summed E-state index contributed by atoms with van der Waals surface area (Å²) < 4.78 is 4.69.